The minimum Gasteiger partial charge on any atom is -0.495 e. The number of halogens is 2. The Bertz CT molecular complexity index is 1420. The molecule has 0 aliphatic heterocycles. The lowest BCUT2D eigenvalue weighted by Gasteiger charge is -2.12. The number of rotatable bonds is 6. The molecule has 0 unspecified atom stereocenters. The quantitative estimate of drug-likeness (QED) is 0.360. The predicted octanol–water partition coefficient (Wildman–Crippen LogP) is 5.76. The molecule has 0 bridgehead atoms. The third kappa shape index (κ3) is 4.40. The van der Waals surface area contributed by atoms with Crippen LogP contribution in [0.2, 0.25) is 5.02 Å². The number of anilines is 2. The van der Waals surface area contributed by atoms with Crippen molar-refractivity contribution in [1.82, 2.24) is 0 Å². The van der Waals surface area contributed by atoms with Crippen molar-refractivity contribution in [2.45, 2.75) is 4.90 Å². The fraction of sp³-hybridized carbons (Fsp3) is 0.0455. The molecular weight excluding hydrogens is 475 g/mol. The van der Waals surface area contributed by atoms with Crippen molar-refractivity contribution in [3.05, 3.63) is 82.4 Å². The lowest BCUT2D eigenvalue weighted by molar-refractivity contribution is 0.103. The molecular formula is C22H16ClFN2O4S2. The Hall–Kier alpha value is -3.14. The number of sulfonamides is 1. The summed E-state index contributed by atoms with van der Waals surface area (Å²) in [7, 11) is -2.42. The Balaban J connectivity index is 1.52. The largest absolute Gasteiger partial charge is 0.495 e. The first-order valence-electron chi connectivity index (χ1n) is 9.23. The van der Waals surface area contributed by atoms with E-state index >= 15 is 0 Å². The summed E-state index contributed by atoms with van der Waals surface area (Å²) in [6.45, 7) is 0. The van der Waals surface area contributed by atoms with Crippen LogP contribution in [0.3, 0.4) is 0 Å². The minimum atomic E-state index is -3.87. The van der Waals surface area contributed by atoms with Gasteiger partial charge in [0.1, 0.15) is 16.4 Å². The van der Waals surface area contributed by atoms with Crippen LogP contribution in [0.4, 0.5) is 15.8 Å². The maximum Gasteiger partial charge on any atom is 0.267 e. The molecule has 2 N–H and O–H groups in total. The number of ether oxygens (including phenoxy) is 1. The number of hydrogen-bond donors (Lipinski definition) is 2. The molecule has 1 amide bonds. The minimum absolute atomic E-state index is 0.0109. The van der Waals surface area contributed by atoms with E-state index in [4.69, 9.17) is 16.3 Å². The van der Waals surface area contributed by atoms with Crippen molar-refractivity contribution in [2.75, 3.05) is 17.1 Å². The van der Waals surface area contributed by atoms with Gasteiger partial charge in [-0.2, -0.15) is 0 Å². The Morgan fingerprint density at radius 2 is 1.78 bits per heavy atom. The molecule has 164 valence electrons. The molecule has 4 rings (SSSR count). The highest BCUT2D eigenvalue weighted by Gasteiger charge is 2.19. The number of hydrogen-bond acceptors (Lipinski definition) is 5. The van der Waals surface area contributed by atoms with Crippen molar-refractivity contribution in [3.8, 4) is 5.75 Å². The Morgan fingerprint density at radius 3 is 2.50 bits per heavy atom. The van der Waals surface area contributed by atoms with Crippen molar-refractivity contribution in [2.24, 2.45) is 0 Å². The van der Waals surface area contributed by atoms with E-state index in [2.05, 4.69) is 10.0 Å². The number of carbonyl (C=O) groups excluding carboxylic acids is 1. The van der Waals surface area contributed by atoms with Gasteiger partial charge in [0.2, 0.25) is 0 Å². The molecule has 0 fully saturated rings. The zero-order valence-corrected chi connectivity index (χ0v) is 18.9. The number of para-hydroxylation sites is 2. The van der Waals surface area contributed by atoms with Gasteiger partial charge in [0.15, 0.2) is 0 Å². The topological polar surface area (TPSA) is 84.5 Å². The second-order valence-corrected chi connectivity index (χ2v) is 9.78. The van der Waals surface area contributed by atoms with Gasteiger partial charge in [0.25, 0.3) is 15.9 Å². The van der Waals surface area contributed by atoms with E-state index < -0.39 is 21.7 Å². The normalized spacial score (nSPS) is 11.3. The predicted molar refractivity (Wildman–Crippen MR) is 125 cm³/mol. The van der Waals surface area contributed by atoms with Crippen LogP contribution < -0.4 is 14.8 Å². The van der Waals surface area contributed by atoms with Gasteiger partial charge in [-0.05, 0) is 54.6 Å². The molecule has 0 atom stereocenters. The number of thiophene rings is 1. The summed E-state index contributed by atoms with van der Waals surface area (Å²) in [6.07, 6.45) is 0. The zero-order valence-electron chi connectivity index (χ0n) is 16.6. The fourth-order valence-electron chi connectivity index (χ4n) is 3.02. The Kier molecular flexibility index (Phi) is 6.05. The van der Waals surface area contributed by atoms with E-state index in [1.165, 1.54) is 49.6 Å². The average molecular weight is 491 g/mol. The van der Waals surface area contributed by atoms with E-state index in [0.29, 0.717) is 27.2 Å². The summed E-state index contributed by atoms with van der Waals surface area (Å²) in [4.78, 5) is 12.9. The summed E-state index contributed by atoms with van der Waals surface area (Å²) in [5, 5.41) is 3.51. The highest BCUT2D eigenvalue weighted by Crippen LogP contribution is 2.36. The van der Waals surface area contributed by atoms with Gasteiger partial charge < -0.3 is 10.1 Å². The molecule has 0 radical (unpaired) electrons. The van der Waals surface area contributed by atoms with E-state index in [0.717, 1.165) is 11.3 Å². The molecule has 0 saturated heterocycles. The number of nitrogens with one attached hydrogen (secondary N) is 2. The molecule has 6 nitrogen and oxygen atoms in total. The smallest absolute Gasteiger partial charge is 0.267 e. The fourth-order valence-corrected chi connectivity index (χ4v) is 5.53. The van der Waals surface area contributed by atoms with Crippen LogP contribution in [0.5, 0.6) is 5.75 Å². The van der Waals surface area contributed by atoms with Crippen LogP contribution in [-0.2, 0) is 10.0 Å². The van der Waals surface area contributed by atoms with Crippen molar-refractivity contribution >= 4 is 60.3 Å². The third-order valence-electron chi connectivity index (χ3n) is 4.57. The number of benzene rings is 3. The number of methoxy groups -OCH3 is 1. The summed E-state index contributed by atoms with van der Waals surface area (Å²) in [5.41, 5.74) is 0.689. The van der Waals surface area contributed by atoms with E-state index in [1.54, 1.807) is 24.3 Å². The van der Waals surface area contributed by atoms with Crippen LogP contribution >= 0.6 is 22.9 Å². The highest BCUT2D eigenvalue weighted by molar-refractivity contribution is 7.92. The molecule has 4 aromatic rings. The maximum absolute atomic E-state index is 13.4. The van der Waals surface area contributed by atoms with E-state index in [1.807, 2.05) is 0 Å². The van der Waals surface area contributed by atoms with Crippen molar-refractivity contribution in [1.29, 1.82) is 0 Å². The van der Waals surface area contributed by atoms with Gasteiger partial charge in [-0.3, -0.25) is 9.52 Å². The average Bonchev–Trinajstić information content (AvgIpc) is 3.10. The molecule has 1 aromatic heterocycles. The Morgan fingerprint density at radius 1 is 1.06 bits per heavy atom. The first-order chi connectivity index (χ1) is 15.3. The lowest BCUT2D eigenvalue weighted by atomic mass is 10.2. The van der Waals surface area contributed by atoms with Crippen molar-refractivity contribution < 1.29 is 22.3 Å². The molecule has 0 aliphatic carbocycles. The van der Waals surface area contributed by atoms with Crippen molar-refractivity contribution in [3.63, 3.8) is 0 Å². The van der Waals surface area contributed by atoms with Crippen LogP contribution in [0.15, 0.2) is 71.6 Å². The highest BCUT2D eigenvalue weighted by atomic mass is 35.5. The summed E-state index contributed by atoms with van der Waals surface area (Å²) in [6, 6.07) is 16.4. The third-order valence-corrected chi connectivity index (χ3v) is 7.61. The maximum atomic E-state index is 13.4. The van der Waals surface area contributed by atoms with Crippen LogP contribution in [0.25, 0.3) is 10.1 Å². The molecule has 0 aliphatic rings. The number of fused-ring (bicyclic) bond motifs is 1. The zero-order chi connectivity index (χ0) is 22.9. The lowest BCUT2D eigenvalue weighted by Crippen LogP contribution is -2.14. The summed E-state index contributed by atoms with van der Waals surface area (Å²) >= 11 is 7.36. The summed E-state index contributed by atoms with van der Waals surface area (Å²) < 4.78 is 47.0. The molecule has 1 heterocycles. The van der Waals surface area contributed by atoms with Crippen LogP contribution in [0.1, 0.15) is 9.67 Å². The molecule has 10 heteroatoms. The second kappa shape index (κ2) is 8.78. The molecule has 3 aromatic carbocycles. The monoisotopic (exact) mass is 490 g/mol. The first kappa shape index (κ1) is 22.1. The molecule has 0 spiro atoms. The van der Waals surface area contributed by atoms with Gasteiger partial charge in [0, 0.05) is 15.8 Å². The SMILES string of the molecule is COc1ccccc1NS(=O)(=O)c1ccc(NC(=O)c2sc3cc(F)ccc3c2Cl)cc1. The van der Waals surface area contributed by atoms with E-state index in [9.17, 15) is 17.6 Å². The molecule has 32 heavy (non-hydrogen) atoms. The van der Waals surface area contributed by atoms with Gasteiger partial charge in [-0.25, -0.2) is 12.8 Å². The number of amides is 1. The Labute approximate surface area is 192 Å². The van der Waals surface area contributed by atoms with Gasteiger partial charge >= 0.3 is 0 Å². The van der Waals surface area contributed by atoms with Crippen LogP contribution in [-0.4, -0.2) is 21.4 Å². The van der Waals surface area contributed by atoms with Crippen LogP contribution in [0, 0.1) is 5.82 Å². The van der Waals surface area contributed by atoms with Gasteiger partial charge in [-0.1, -0.05) is 23.7 Å². The molecule has 0 saturated carbocycles. The first-order valence-corrected chi connectivity index (χ1v) is 11.9. The summed E-state index contributed by atoms with van der Waals surface area (Å²) in [5.74, 6) is -0.500. The van der Waals surface area contributed by atoms with Gasteiger partial charge in [-0.15, -0.1) is 11.3 Å². The van der Waals surface area contributed by atoms with E-state index in [-0.39, 0.29) is 14.8 Å². The second-order valence-electron chi connectivity index (χ2n) is 6.67. The van der Waals surface area contributed by atoms with Gasteiger partial charge in [0.05, 0.1) is 22.7 Å². The number of carbonyl (C=O) groups is 1. The standard InChI is InChI=1S/C22H16ClFN2O4S2/c1-30-18-5-3-2-4-17(18)26-32(28,29)15-9-7-14(8-10-15)25-22(27)21-20(23)16-11-6-13(24)12-19(16)31-21/h2-12,26H,1H3,(H,25,27).